The van der Waals surface area contributed by atoms with E-state index in [1.165, 1.54) is 0 Å². The number of nitrogens with two attached hydrogens (primary N) is 1. The number of nitrogens with zero attached hydrogens (tertiary/aromatic N) is 3. The predicted molar refractivity (Wildman–Crippen MR) is 65.7 cm³/mol. The second-order valence-electron chi connectivity index (χ2n) is 3.75. The molecule has 0 aliphatic carbocycles. The second-order valence-corrected chi connectivity index (χ2v) is 4.61. The molecule has 88 valence electrons. The Bertz CT molecular complexity index is 374. The summed E-state index contributed by atoms with van der Waals surface area (Å²) in [6.45, 7) is 1.61. The van der Waals surface area contributed by atoms with Crippen LogP contribution < -0.4 is 15.4 Å². The van der Waals surface area contributed by atoms with E-state index in [2.05, 4.69) is 30.8 Å². The maximum absolute atomic E-state index is 5.72. The van der Waals surface area contributed by atoms with E-state index in [0.29, 0.717) is 24.4 Å². The first-order chi connectivity index (χ1) is 7.76. The fourth-order valence-corrected chi connectivity index (χ4v) is 2.32. The van der Waals surface area contributed by atoms with Crippen LogP contribution in [0.4, 0.5) is 5.95 Å². The molecular weight excluding hydrogens is 272 g/mol. The van der Waals surface area contributed by atoms with E-state index in [-0.39, 0.29) is 0 Å². The average molecular weight is 287 g/mol. The Morgan fingerprint density at radius 3 is 3.19 bits per heavy atom. The Kier molecular flexibility index (Phi) is 3.60. The maximum Gasteiger partial charge on any atom is 0.232 e. The van der Waals surface area contributed by atoms with Crippen LogP contribution >= 0.6 is 15.9 Å². The van der Waals surface area contributed by atoms with Crippen molar-refractivity contribution in [3.05, 3.63) is 10.7 Å². The molecule has 0 radical (unpaired) electrons. The van der Waals surface area contributed by atoms with Crippen LogP contribution in [0, 0.1) is 0 Å². The van der Waals surface area contributed by atoms with Crippen molar-refractivity contribution < 1.29 is 4.74 Å². The summed E-state index contributed by atoms with van der Waals surface area (Å²) >= 11 is 3.34. The van der Waals surface area contributed by atoms with Crippen molar-refractivity contribution in [3.8, 4) is 5.88 Å². The summed E-state index contributed by atoms with van der Waals surface area (Å²) in [5.41, 5.74) is 5.72. The number of aromatic nitrogens is 2. The Hall–Kier alpha value is -0.880. The first kappa shape index (κ1) is 11.6. The second kappa shape index (κ2) is 4.97. The summed E-state index contributed by atoms with van der Waals surface area (Å²) in [5.74, 6) is 1.26. The van der Waals surface area contributed by atoms with Gasteiger partial charge in [0, 0.05) is 19.1 Å². The zero-order chi connectivity index (χ0) is 11.5. The van der Waals surface area contributed by atoms with E-state index in [0.717, 1.165) is 23.9 Å². The van der Waals surface area contributed by atoms with Gasteiger partial charge in [-0.1, -0.05) is 0 Å². The highest BCUT2D eigenvalue weighted by Gasteiger charge is 2.25. The Morgan fingerprint density at radius 1 is 1.69 bits per heavy atom. The minimum Gasteiger partial charge on any atom is -0.480 e. The van der Waals surface area contributed by atoms with Crippen LogP contribution in [-0.4, -0.2) is 36.2 Å². The molecule has 6 heteroatoms. The highest BCUT2D eigenvalue weighted by molar-refractivity contribution is 9.10. The summed E-state index contributed by atoms with van der Waals surface area (Å²) in [7, 11) is 1.60. The van der Waals surface area contributed by atoms with Crippen LogP contribution in [-0.2, 0) is 0 Å². The van der Waals surface area contributed by atoms with Crippen LogP contribution in [0.15, 0.2) is 10.7 Å². The van der Waals surface area contributed by atoms with E-state index < -0.39 is 0 Å². The van der Waals surface area contributed by atoms with Gasteiger partial charge in [-0.15, -0.1) is 0 Å². The summed E-state index contributed by atoms with van der Waals surface area (Å²) in [5, 5.41) is 0. The number of halogens is 1. The smallest absolute Gasteiger partial charge is 0.232 e. The van der Waals surface area contributed by atoms with Crippen LogP contribution in [0.2, 0.25) is 0 Å². The number of hydrogen-bond donors (Lipinski definition) is 1. The lowest BCUT2D eigenvalue weighted by Crippen LogP contribution is -2.36. The molecule has 16 heavy (non-hydrogen) atoms. The number of anilines is 1. The number of methoxy groups -OCH3 is 1. The van der Waals surface area contributed by atoms with Gasteiger partial charge in [0.15, 0.2) is 0 Å². The summed E-state index contributed by atoms with van der Waals surface area (Å²) in [6.07, 6.45) is 3.97. The molecule has 1 aliphatic heterocycles. The van der Waals surface area contributed by atoms with Gasteiger partial charge >= 0.3 is 0 Å². The molecule has 2 N–H and O–H groups in total. The van der Waals surface area contributed by atoms with Crippen molar-refractivity contribution in [1.29, 1.82) is 0 Å². The van der Waals surface area contributed by atoms with Crippen molar-refractivity contribution in [2.24, 2.45) is 5.73 Å². The monoisotopic (exact) mass is 286 g/mol. The molecule has 5 nitrogen and oxygen atoms in total. The Balaban J connectivity index is 2.26. The van der Waals surface area contributed by atoms with Crippen molar-refractivity contribution in [2.45, 2.75) is 18.9 Å². The van der Waals surface area contributed by atoms with E-state index in [1.807, 2.05) is 0 Å². The average Bonchev–Trinajstić information content (AvgIpc) is 2.78. The highest BCUT2D eigenvalue weighted by Crippen LogP contribution is 2.27. The molecule has 1 aromatic rings. The third-order valence-electron chi connectivity index (χ3n) is 2.80. The minimum absolute atomic E-state index is 0.353. The lowest BCUT2D eigenvalue weighted by molar-refractivity contribution is 0.393. The Labute approximate surface area is 103 Å². The van der Waals surface area contributed by atoms with Crippen molar-refractivity contribution in [1.82, 2.24) is 9.97 Å². The van der Waals surface area contributed by atoms with Gasteiger partial charge in [0.1, 0.15) is 0 Å². The first-order valence-electron chi connectivity index (χ1n) is 5.29. The summed E-state index contributed by atoms with van der Waals surface area (Å²) < 4.78 is 5.92. The molecule has 0 bridgehead atoms. The lowest BCUT2D eigenvalue weighted by Gasteiger charge is -2.23. The van der Waals surface area contributed by atoms with Gasteiger partial charge in [-0.2, -0.15) is 4.98 Å². The van der Waals surface area contributed by atoms with Crippen LogP contribution in [0.25, 0.3) is 0 Å². The Morgan fingerprint density at radius 2 is 2.50 bits per heavy atom. The molecule has 0 spiro atoms. The third kappa shape index (κ3) is 2.12. The first-order valence-corrected chi connectivity index (χ1v) is 6.08. The van der Waals surface area contributed by atoms with Crippen LogP contribution in [0.1, 0.15) is 12.8 Å². The van der Waals surface area contributed by atoms with Crippen LogP contribution in [0.3, 0.4) is 0 Å². The maximum atomic E-state index is 5.72. The molecule has 1 aromatic heterocycles. The molecule has 0 aromatic carbocycles. The third-order valence-corrected chi connectivity index (χ3v) is 3.34. The van der Waals surface area contributed by atoms with E-state index in [4.69, 9.17) is 10.5 Å². The van der Waals surface area contributed by atoms with Crippen molar-refractivity contribution in [2.75, 3.05) is 25.1 Å². The van der Waals surface area contributed by atoms with Gasteiger partial charge in [0.25, 0.3) is 0 Å². The summed E-state index contributed by atoms with van der Waals surface area (Å²) in [6, 6.07) is 0.353. The molecule has 2 rings (SSSR count). The highest BCUT2D eigenvalue weighted by atomic mass is 79.9. The molecule has 1 atom stereocenters. The van der Waals surface area contributed by atoms with Gasteiger partial charge in [0.2, 0.25) is 11.8 Å². The molecular formula is C10H15BrN4O. The van der Waals surface area contributed by atoms with Gasteiger partial charge in [-0.05, 0) is 28.8 Å². The van der Waals surface area contributed by atoms with Gasteiger partial charge in [-0.25, -0.2) is 4.98 Å². The quantitative estimate of drug-likeness (QED) is 0.904. The number of ether oxygens (including phenoxy) is 1. The molecule has 1 fully saturated rings. The van der Waals surface area contributed by atoms with E-state index in [9.17, 15) is 0 Å². The molecule has 0 amide bonds. The van der Waals surface area contributed by atoms with Gasteiger partial charge in [-0.3, -0.25) is 0 Å². The summed E-state index contributed by atoms with van der Waals surface area (Å²) in [4.78, 5) is 10.8. The topological polar surface area (TPSA) is 64.3 Å². The number of rotatable bonds is 3. The zero-order valence-electron chi connectivity index (χ0n) is 9.19. The normalized spacial score (nSPS) is 20.2. The minimum atomic E-state index is 0.353. The van der Waals surface area contributed by atoms with Gasteiger partial charge < -0.3 is 15.4 Å². The largest absolute Gasteiger partial charge is 0.480 e. The molecule has 1 aliphatic rings. The standard InChI is InChI=1S/C10H15BrN4O/c1-16-9-8(11)6-13-10(14-9)15-4-2-3-7(15)5-12/h6-7H,2-5,12H2,1H3. The fraction of sp³-hybridized carbons (Fsp3) is 0.600. The van der Waals surface area contributed by atoms with E-state index >= 15 is 0 Å². The molecule has 1 saturated heterocycles. The lowest BCUT2D eigenvalue weighted by atomic mass is 10.2. The van der Waals surface area contributed by atoms with Crippen LogP contribution in [0.5, 0.6) is 5.88 Å². The van der Waals surface area contributed by atoms with Gasteiger partial charge in [0.05, 0.1) is 17.8 Å². The number of hydrogen-bond acceptors (Lipinski definition) is 5. The molecule has 2 heterocycles. The van der Waals surface area contributed by atoms with E-state index in [1.54, 1.807) is 13.3 Å². The molecule has 1 unspecified atom stereocenters. The fourth-order valence-electron chi connectivity index (χ4n) is 1.97. The van der Waals surface area contributed by atoms with Crippen molar-refractivity contribution in [3.63, 3.8) is 0 Å². The van der Waals surface area contributed by atoms with Crippen molar-refractivity contribution >= 4 is 21.9 Å². The predicted octanol–water partition coefficient (Wildman–Crippen LogP) is 1.18. The molecule has 0 saturated carbocycles. The SMILES string of the molecule is COc1nc(N2CCCC2CN)ncc1Br. The zero-order valence-corrected chi connectivity index (χ0v) is 10.8.